The molecule has 0 spiro atoms. The fourth-order valence-corrected chi connectivity index (χ4v) is 6.13. The molecule has 7 nitrogen and oxygen atoms in total. The molecule has 0 amide bonds. The van der Waals surface area contributed by atoms with Crippen LogP contribution < -0.4 is 19.3 Å². The number of para-hydroxylation sites is 2. The van der Waals surface area contributed by atoms with Crippen molar-refractivity contribution in [2.75, 3.05) is 50.2 Å². The number of aryl methyl sites for hydroxylation is 1. The highest BCUT2D eigenvalue weighted by atomic mass is 32.2. The highest BCUT2D eigenvalue weighted by molar-refractivity contribution is 7.91. The number of fused-ring (bicyclic) bond motifs is 1. The van der Waals surface area contributed by atoms with Gasteiger partial charge in [-0.1, -0.05) is 29.8 Å². The highest BCUT2D eigenvalue weighted by Gasteiger charge is 2.29. The van der Waals surface area contributed by atoms with Crippen molar-refractivity contribution >= 4 is 32.1 Å². The van der Waals surface area contributed by atoms with Gasteiger partial charge in [-0.2, -0.15) is 0 Å². The van der Waals surface area contributed by atoms with Gasteiger partial charge in [0.2, 0.25) is 9.84 Å². The number of anilines is 2. The zero-order chi connectivity index (χ0) is 25.3. The molecule has 36 heavy (non-hydrogen) atoms. The van der Waals surface area contributed by atoms with Gasteiger partial charge in [-0.15, -0.1) is 0 Å². The number of pyridine rings is 1. The van der Waals surface area contributed by atoms with E-state index >= 15 is 0 Å². The molecule has 1 saturated heterocycles. The second kappa shape index (κ2) is 9.70. The summed E-state index contributed by atoms with van der Waals surface area (Å²) in [6, 6.07) is 20.5. The first-order valence-electron chi connectivity index (χ1n) is 11.8. The van der Waals surface area contributed by atoms with Crippen LogP contribution in [0.4, 0.5) is 11.4 Å². The number of benzene rings is 3. The van der Waals surface area contributed by atoms with Crippen LogP contribution in [-0.2, 0) is 9.84 Å². The fraction of sp³-hybridized carbons (Fsp3) is 0.250. The third kappa shape index (κ3) is 4.33. The van der Waals surface area contributed by atoms with E-state index in [-0.39, 0.29) is 9.79 Å². The average molecular weight is 504 g/mol. The molecule has 3 aromatic carbocycles. The number of sulfone groups is 1. The molecule has 2 heterocycles. The minimum Gasteiger partial charge on any atom is -0.497 e. The fourth-order valence-electron chi connectivity index (χ4n) is 4.70. The standard InChI is InChI=1S/C28H29N3O4S/c1-20-8-11-22(12-9-20)36(32,33)27-19-29-24-13-10-21(34-2)18-23(24)28(27)31-16-14-30(15-17-31)25-6-4-5-7-26(25)35-3/h4-13,18-19H,14-17H2,1-3H3. The van der Waals surface area contributed by atoms with Crippen molar-refractivity contribution in [3.8, 4) is 11.5 Å². The van der Waals surface area contributed by atoms with Crippen molar-refractivity contribution in [1.29, 1.82) is 0 Å². The summed E-state index contributed by atoms with van der Waals surface area (Å²) in [6.45, 7) is 4.67. The Morgan fingerprint density at radius 2 is 1.53 bits per heavy atom. The van der Waals surface area contributed by atoms with Crippen molar-refractivity contribution in [3.05, 3.63) is 78.5 Å². The Bertz CT molecular complexity index is 1500. The Labute approximate surface area is 211 Å². The van der Waals surface area contributed by atoms with Crippen molar-refractivity contribution in [1.82, 2.24) is 4.98 Å². The molecule has 0 radical (unpaired) electrons. The van der Waals surface area contributed by atoms with E-state index in [0.29, 0.717) is 24.5 Å². The number of aromatic nitrogens is 1. The Balaban J connectivity index is 1.59. The van der Waals surface area contributed by atoms with E-state index in [1.54, 1.807) is 26.4 Å². The van der Waals surface area contributed by atoms with Crippen LogP contribution in [0, 0.1) is 6.92 Å². The molecule has 0 aliphatic carbocycles. The van der Waals surface area contributed by atoms with Crippen molar-refractivity contribution in [3.63, 3.8) is 0 Å². The van der Waals surface area contributed by atoms with Gasteiger partial charge in [-0.05, 0) is 49.4 Å². The first-order valence-corrected chi connectivity index (χ1v) is 13.3. The maximum Gasteiger partial charge on any atom is 0.210 e. The smallest absolute Gasteiger partial charge is 0.210 e. The van der Waals surface area contributed by atoms with Gasteiger partial charge in [0.05, 0.1) is 36.0 Å². The lowest BCUT2D eigenvalue weighted by Crippen LogP contribution is -2.47. The Morgan fingerprint density at radius 3 is 2.22 bits per heavy atom. The summed E-state index contributed by atoms with van der Waals surface area (Å²) in [7, 11) is -0.523. The van der Waals surface area contributed by atoms with Gasteiger partial charge >= 0.3 is 0 Å². The molecular weight excluding hydrogens is 474 g/mol. The van der Waals surface area contributed by atoms with Crippen LogP contribution >= 0.6 is 0 Å². The van der Waals surface area contributed by atoms with Crippen molar-refractivity contribution < 1.29 is 17.9 Å². The molecule has 1 aliphatic rings. The summed E-state index contributed by atoms with van der Waals surface area (Å²) >= 11 is 0. The SMILES string of the molecule is COc1ccc2ncc(S(=O)(=O)c3ccc(C)cc3)c(N3CCN(c4ccccc4OC)CC3)c2c1. The monoisotopic (exact) mass is 503 g/mol. The zero-order valence-electron chi connectivity index (χ0n) is 20.6. The normalized spacial score (nSPS) is 14.2. The Kier molecular flexibility index (Phi) is 6.45. The predicted molar refractivity (Wildman–Crippen MR) is 142 cm³/mol. The zero-order valence-corrected chi connectivity index (χ0v) is 21.5. The molecule has 1 aromatic heterocycles. The summed E-state index contributed by atoms with van der Waals surface area (Å²) < 4.78 is 38.7. The van der Waals surface area contributed by atoms with Gasteiger partial charge in [0.15, 0.2) is 0 Å². The molecule has 186 valence electrons. The third-order valence-electron chi connectivity index (χ3n) is 6.66. The summed E-state index contributed by atoms with van der Waals surface area (Å²) in [5.41, 5.74) is 3.43. The summed E-state index contributed by atoms with van der Waals surface area (Å²) in [5.74, 6) is 1.48. The van der Waals surface area contributed by atoms with E-state index in [9.17, 15) is 8.42 Å². The number of nitrogens with zero attached hydrogens (tertiary/aromatic N) is 3. The Morgan fingerprint density at radius 1 is 0.833 bits per heavy atom. The first-order chi connectivity index (χ1) is 17.4. The molecular formula is C28H29N3O4S. The van der Waals surface area contributed by atoms with Crippen LogP contribution in [-0.4, -0.2) is 53.8 Å². The first kappa shape index (κ1) is 23.9. The molecule has 0 bridgehead atoms. The van der Waals surface area contributed by atoms with E-state index in [1.165, 1.54) is 6.20 Å². The molecule has 0 atom stereocenters. The largest absolute Gasteiger partial charge is 0.497 e. The number of hydrogen-bond donors (Lipinski definition) is 0. The minimum atomic E-state index is -3.80. The van der Waals surface area contributed by atoms with E-state index < -0.39 is 9.84 Å². The topological polar surface area (TPSA) is 72.0 Å². The molecule has 1 fully saturated rings. The second-order valence-corrected chi connectivity index (χ2v) is 10.7. The summed E-state index contributed by atoms with van der Waals surface area (Å²) in [4.78, 5) is 9.40. The van der Waals surface area contributed by atoms with E-state index in [2.05, 4.69) is 20.9 Å². The van der Waals surface area contributed by atoms with Gasteiger partial charge in [0, 0.05) is 37.8 Å². The lowest BCUT2D eigenvalue weighted by Gasteiger charge is -2.38. The number of methoxy groups -OCH3 is 2. The van der Waals surface area contributed by atoms with Crippen molar-refractivity contribution in [2.24, 2.45) is 0 Å². The number of hydrogen-bond acceptors (Lipinski definition) is 7. The van der Waals surface area contributed by atoms with Crippen molar-refractivity contribution in [2.45, 2.75) is 16.7 Å². The quantitative estimate of drug-likeness (QED) is 0.377. The van der Waals surface area contributed by atoms with Gasteiger partial charge in [0.25, 0.3) is 0 Å². The maximum absolute atomic E-state index is 13.9. The van der Waals surface area contributed by atoms with E-state index in [0.717, 1.165) is 41.0 Å². The van der Waals surface area contributed by atoms with E-state index in [1.807, 2.05) is 55.5 Å². The van der Waals surface area contributed by atoms with Crippen LogP contribution in [0.3, 0.4) is 0 Å². The van der Waals surface area contributed by atoms with Crippen LogP contribution in [0.2, 0.25) is 0 Å². The molecule has 0 unspecified atom stereocenters. The summed E-state index contributed by atoms with van der Waals surface area (Å²) in [6.07, 6.45) is 1.49. The van der Waals surface area contributed by atoms with Crippen LogP contribution in [0.25, 0.3) is 10.9 Å². The molecule has 0 N–H and O–H groups in total. The Hall–Kier alpha value is -3.78. The van der Waals surface area contributed by atoms with E-state index in [4.69, 9.17) is 9.47 Å². The molecule has 0 saturated carbocycles. The molecule has 1 aliphatic heterocycles. The third-order valence-corrected chi connectivity index (χ3v) is 8.43. The van der Waals surface area contributed by atoms with Gasteiger partial charge in [-0.3, -0.25) is 4.98 Å². The van der Waals surface area contributed by atoms with Gasteiger partial charge < -0.3 is 19.3 Å². The van der Waals surface area contributed by atoms with Crippen LogP contribution in [0.15, 0.2) is 82.7 Å². The number of piperazine rings is 1. The van der Waals surface area contributed by atoms with Crippen LogP contribution in [0.1, 0.15) is 5.56 Å². The molecule has 8 heteroatoms. The highest BCUT2D eigenvalue weighted by Crippen LogP contribution is 2.38. The van der Waals surface area contributed by atoms with Gasteiger partial charge in [-0.25, -0.2) is 8.42 Å². The number of rotatable bonds is 6. The predicted octanol–water partition coefficient (Wildman–Crippen LogP) is 4.72. The summed E-state index contributed by atoms with van der Waals surface area (Å²) in [5, 5.41) is 0.758. The lowest BCUT2D eigenvalue weighted by atomic mass is 10.1. The molecule has 4 aromatic rings. The maximum atomic E-state index is 13.9. The van der Waals surface area contributed by atoms with Crippen LogP contribution in [0.5, 0.6) is 11.5 Å². The minimum absolute atomic E-state index is 0.206. The number of ether oxygens (including phenoxy) is 2. The second-order valence-electron chi connectivity index (χ2n) is 8.82. The lowest BCUT2D eigenvalue weighted by molar-refractivity contribution is 0.413. The molecule has 5 rings (SSSR count). The van der Waals surface area contributed by atoms with Gasteiger partial charge in [0.1, 0.15) is 16.4 Å². The average Bonchev–Trinajstić information content (AvgIpc) is 2.92.